The van der Waals surface area contributed by atoms with Crippen molar-refractivity contribution in [1.82, 2.24) is 39.1 Å². The minimum Gasteiger partial charge on any atom is -0.870 e. The monoisotopic (exact) mass is 1750 g/mol. The number of halogens is 4. The van der Waals surface area contributed by atoms with E-state index in [1.54, 1.807) is 115 Å². The number of para-hydroxylation sites is 4. The van der Waals surface area contributed by atoms with Gasteiger partial charge in [-0.3, -0.25) is 62.4 Å². The fraction of sp³-hybridized carbons (Fsp3) is 0.172. The number of anilines is 3. The molecule has 31 heteroatoms. The van der Waals surface area contributed by atoms with Gasteiger partial charge in [0.05, 0.1) is 121 Å². The first-order chi connectivity index (χ1) is 58.0. The van der Waals surface area contributed by atoms with Crippen molar-refractivity contribution in [2.24, 2.45) is 0 Å². The summed E-state index contributed by atoms with van der Waals surface area (Å²) in [6, 6.07) is 79.9. The van der Waals surface area contributed by atoms with E-state index in [1.165, 1.54) is 12.1 Å². The molecule has 0 aliphatic rings. The maximum atomic E-state index is 12.4. The zero-order valence-electron chi connectivity index (χ0n) is 66.6. The van der Waals surface area contributed by atoms with Crippen molar-refractivity contribution < 1.29 is 83.6 Å². The number of hydrogen-bond donors (Lipinski definition) is 4. The van der Waals surface area contributed by atoms with Crippen LogP contribution in [0.4, 0.5) is 22.7 Å². The van der Waals surface area contributed by atoms with Gasteiger partial charge in [-0.1, -0.05) is 171 Å². The Hall–Kier alpha value is -13.3. The second kappa shape index (κ2) is 47.8. The third-order valence-corrected chi connectivity index (χ3v) is 19.2. The number of carbonyl (C=O) groups is 7. The van der Waals surface area contributed by atoms with Crippen LogP contribution in [0.3, 0.4) is 0 Å². The minimum atomic E-state index is -0.911. The van der Waals surface area contributed by atoms with Gasteiger partial charge in [0.25, 0.3) is 22.7 Å². The fourth-order valence-corrected chi connectivity index (χ4v) is 13.1. The smallest absolute Gasteiger partial charge is 0.870 e. The number of fused-ring (bicyclic) bond motifs is 4. The van der Waals surface area contributed by atoms with E-state index in [-0.39, 0.29) is 102 Å². The number of ether oxygens (including phenoxy) is 3. The number of nitro benzene ring substituents is 1. The molecule has 0 fully saturated rings. The molecule has 15 aromatic rings. The number of nitrogens with two attached hydrogens (primary N) is 1. The third kappa shape index (κ3) is 27.6. The van der Waals surface area contributed by atoms with Crippen LogP contribution in [0.5, 0.6) is 0 Å². The van der Waals surface area contributed by atoms with Crippen LogP contribution in [-0.4, -0.2) is 115 Å². The van der Waals surface area contributed by atoms with E-state index >= 15 is 0 Å². The predicted octanol–water partition coefficient (Wildman–Crippen LogP) is 16.6. The molecular weight excluding hydrogens is 1660 g/mol. The molecule has 2 amide bonds. The first-order valence-corrected chi connectivity index (χ1v) is 39.3. The summed E-state index contributed by atoms with van der Waals surface area (Å²) < 4.78 is 22.5. The number of carboxylic acids is 1. The summed E-state index contributed by atoms with van der Waals surface area (Å²) >= 11 is 22.5. The number of aromatic nitrogens is 8. The van der Waals surface area contributed by atoms with Crippen LogP contribution < -0.4 is 35.2 Å². The predicted molar refractivity (Wildman–Crippen MR) is 482 cm³/mol. The van der Waals surface area contributed by atoms with Gasteiger partial charge in [-0.05, 0) is 188 Å². The Balaban J connectivity index is 0.000000246. The number of nitrogens with one attached hydrogen (secondary N) is 2. The third-order valence-electron chi connectivity index (χ3n) is 18.3. The molecule has 0 aliphatic heterocycles. The van der Waals surface area contributed by atoms with Gasteiger partial charge in [-0.2, -0.15) is 20.4 Å². The zero-order valence-corrected chi connectivity index (χ0v) is 69.6. The van der Waals surface area contributed by atoms with Gasteiger partial charge in [0, 0.05) is 83.9 Å². The van der Waals surface area contributed by atoms with Crippen LogP contribution >= 0.6 is 46.4 Å². The molecule has 0 saturated heterocycles. The zero-order chi connectivity index (χ0) is 85.2. The molecule has 11 aromatic carbocycles. The number of esters is 3. The van der Waals surface area contributed by atoms with E-state index in [0.717, 1.165) is 77.2 Å². The number of amides is 2. The van der Waals surface area contributed by atoms with Crippen LogP contribution in [0.2, 0.25) is 15.1 Å². The number of rotatable bonds is 25. The molecule has 0 unspecified atom stereocenters. The molecule has 6 N–H and O–H groups in total. The molecule has 124 heavy (non-hydrogen) atoms. The van der Waals surface area contributed by atoms with Gasteiger partial charge in [0.15, 0.2) is 0 Å². The summed E-state index contributed by atoms with van der Waals surface area (Å²) in [4.78, 5) is 92.2. The van der Waals surface area contributed by atoms with Crippen molar-refractivity contribution in [3.63, 3.8) is 0 Å². The van der Waals surface area contributed by atoms with E-state index in [2.05, 4.69) is 31.0 Å². The Kier molecular flexibility index (Phi) is 37.7. The number of nitrogens with zero attached hydrogens (tertiary/aromatic N) is 9. The number of non-ortho nitro benzene ring substituents is 1. The Bertz CT molecular complexity index is 6120. The van der Waals surface area contributed by atoms with Gasteiger partial charge in [0.2, 0.25) is 0 Å². The Morgan fingerprint density at radius 1 is 0.403 bits per heavy atom. The van der Waals surface area contributed by atoms with Gasteiger partial charge in [-0.15, -0.1) is 0 Å². The van der Waals surface area contributed by atoms with Gasteiger partial charge >= 0.3 is 42.7 Å². The Morgan fingerprint density at radius 3 is 0.927 bits per heavy atom. The topological polar surface area (TPSA) is 362 Å². The molecule has 0 radical (unpaired) electrons. The van der Waals surface area contributed by atoms with Crippen molar-refractivity contribution in [2.45, 2.75) is 87.5 Å². The summed E-state index contributed by atoms with van der Waals surface area (Å²) in [5.41, 5.74) is 19.8. The first-order valence-electron chi connectivity index (χ1n) is 37.8. The van der Waals surface area contributed by atoms with Gasteiger partial charge in [-0.25, -0.2) is 0 Å². The largest absolute Gasteiger partial charge is 1.00 e. The number of carbonyl (C=O) groups excluding carboxylic acids is 6. The summed E-state index contributed by atoms with van der Waals surface area (Å²) in [5.74, 6) is -2.18. The number of nitro groups is 1. The quantitative estimate of drug-likeness (QED) is 0.00785. The standard InChI is InChI=1S/C25H22ClN3O3.C23H18ClN3O3.C18H17N3O4.C18H19N3O2.C7H4Cl2O.2CH4.Li.H2O.H2/c1-2-32-24(30)15-22-21-5-3-4-6-23(21)29(28-22)16-17-7-13-20(14-8-17)27-25(31)18-9-11-19(26)12-10-18;24-17-9-7-16(8-10-17)23(30)25-18-11-5-15(6-12-18)14-27-21-4-2-1-3-19(21)20(26-27)13-22(28)29;1-2-25-18(22)11-16-15-5-3-4-6-17(15)20(19-16)12-13-7-9-14(10-8-13)21(23)24;1-2-23-18(22)11-16-15-5-3-4-6-17(15)21(20-16)12-13-7-9-14(19)10-8-13;8-6-3-1-5(2-4-6)7(9)10;;;;;/h3-14H,2,15-16H2,1H3,(H,27,31);1-12H,13-14H2,(H,25,30)(H,28,29);3-10H,2,11-12H2,1H3;3-10H,2,11-12,19H2,1H3;1-4H;2*1H4;;1H2;1H/q;;;;;;;+1;;/p-1. The average Bonchev–Trinajstić information content (AvgIpc) is 1.69. The van der Waals surface area contributed by atoms with Crippen LogP contribution in [0.25, 0.3) is 43.6 Å². The number of nitrogen functional groups attached to an aromatic ring is 1. The number of carboxylic acid groups (broad SMARTS) is 1. The van der Waals surface area contributed by atoms with Crippen molar-refractivity contribution >= 4 is 154 Å². The molecular formula is C93H91Cl4LiN12O14. The van der Waals surface area contributed by atoms with E-state index in [1.807, 2.05) is 179 Å². The average molecular weight is 1750 g/mol. The maximum Gasteiger partial charge on any atom is 1.00 e. The number of benzene rings is 11. The summed E-state index contributed by atoms with van der Waals surface area (Å²) in [6.07, 6.45) is 0.310. The van der Waals surface area contributed by atoms with Crippen molar-refractivity contribution in [1.29, 1.82) is 0 Å². The molecule has 4 aromatic heterocycles. The van der Waals surface area contributed by atoms with Crippen molar-refractivity contribution in [3.8, 4) is 0 Å². The summed E-state index contributed by atoms with van der Waals surface area (Å²) in [6.45, 7) is 8.53. The van der Waals surface area contributed by atoms with E-state index in [4.69, 9.17) is 71.5 Å². The van der Waals surface area contributed by atoms with Crippen LogP contribution in [0.1, 0.15) is 113 Å². The SMILES string of the molecule is C.C.CCOC(=O)Cc1nn(Cc2ccc(N)cc2)c2ccccc12.CCOC(=O)Cc1nn(Cc2ccc(NC(=O)c3ccc(Cl)cc3)cc2)c2ccccc12.CCOC(=O)Cc1nn(Cc2ccc([N+](=O)[O-])cc2)c2ccccc12.O=C(Cl)c1ccc(Cl)cc1.O=C(O)Cc1nn(Cc2ccc(NC(=O)c3ccc(Cl)cc3)cc2)c2ccccc12.[HH].[Li+].[OH-]. The molecule has 15 rings (SSSR count). The molecule has 636 valence electrons. The van der Waals surface area contributed by atoms with Crippen molar-refractivity contribution in [2.75, 3.05) is 36.2 Å². The second-order valence-corrected chi connectivity index (χ2v) is 28.4. The van der Waals surface area contributed by atoms with Crippen LogP contribution in [-0.2, 0) is 85.3 Å². The second-order valence-electron chi connectivity index (χ2n) is 26.8. The molecule has 26 nitrogen and oxygen atoms in total. The van der Waals surface area contributed by atoms with Crippen LogP contribution in [0.15, 0.2) is 267 Å². The maximum absolute atomic E-state index is 12.4. The molecule has 0 saturated carbocycles. The molecule has 0 spiro atoms. The molecule has 0 atom stereocenters. The number of aliphatic carboxylic acids is 1. The van der Waals surface area contributed by atoms with E-state index in [9.17, 15) is 43.7 Å². The molecule has 4 heterocycles. The summed E-state index contributed by atoms with van der Waals surface area (Å²) in [7, 11) is 0. The van der Waals surface area contributed by atoms with E-state index < -0.39 is 16.1 Å². The van der Waals surface area contributed by atoms with Crippen LogP contribution in [0, 0.1) is 10.1 Å². The normalized spacial score (nSPS) is 10.3. The van der Waals surface area contributed by atoms with Gasteiger partial charge in [0.1, 0.15) is 0 Å². The molecule has 0 aliphatic carbocycles. The first kappa shape index (κ1) is 97.8. The van der Waals surface area contributed by atoms with Gasteiger partial charge < -0.3 is 41.2 Å². The molecule has 0 bridgehead atoms. The fourth-order valence-electron chi connectivity index (χ4n) is 12.6. The minimum absolute atomic E-state index is 0. The van der Waals surface area contributed by atoms with E-state index in [0.29, 0.717) is 106 Å². The Morgan fingerprint density at radius 2 is 0.661 bits per heavy atom. The Labute approximate surface area is 748 Å². The summed E-state index contributed by atoms with van der Waals surface area (Å²) in [5, 5.41) is 48.9. The number of hydrogen-bond acceptors (Lipinski definition) is 18. The van der Waals surface area contributed by atoms with Crippen molar-refractivity contribution in [3.05, 3.63) is 354 Å².